The quantitative estimate of drug-likeness (QED) is 0.492. The number of aromatic nitrogens is 3. The van der Waals surface area contributed by atoms with Crippen LogP contribution in [0.15, 0.2) is 60.8 Å². The van der Waals surface area contributed by atoms with Crippen LogP contribution in [-0.4, -0.2) is 26.0 Å². The lowest BCUT2D eigenvalue weighted by Crippen LogP contribution is -2.25. The summed E-state index contributed by atoms with van der Waals surface area (Å²) >= 11 is 0. The van der Waals surface area contributed by atoms with E-state index >= 15 is 0 Å². The molecule has 3 aromatic rings. The molecule has 2 aromatic heterocycles. The topological polar surface area (TPSA) is 89.3 Å². The molecule has 2 N–H and O–H groups in total. The highest BCUT2D eigenvalue weighted by atomic mass is 16.8. The van der Waals surface area contributed by atoms with E-state index < -0.39 is 0 Å². The minimum atomic E-state index is -0.113. The fourth-order valence-corrected chi connectivity index (χ4v) is 4.03. The molecular formula is C22H24N5O2-. The standard InChI is InChI=1S/C22H24N5O2/c1-15-22(16(2)26(25-15)20-8-3-4-9-21(20)27(28)29)17-10-11-18(13-17)24-14-19-7-5-6-12-23-19/h3-12,17-18,24,28H,13-14H2,1-2H3/q-1/t17-,18+/m0/s1. The summed E-state index contributed by atoms with van der Waals surface area (Å²) in [5.41, 5.74) is 4.80. The highest BCUT2D eigenvalue weighted by Gasteiger charge is 2.26. The minimum Gasteiger partial charge on any atom is -0.733 e. The molecule has 0 saturated carbocycles. The average molecular weight is 390 g/mol. The molecule has 1 aromatic carbocycles. The molecule has 1 aliphatic carbocycles. The number of benzene rings is 1. The van der Waals surface area contributed by atoms with Crippen LogP contribution in [0.3, 0.4) is 0 Å². The molecule has 7 nitrogen and oxygen atoms in total. The Morgan fingerprint density at radius 1 is 1.17 bits per heavy atom. The third-order valence-electron chi connectivity index (χ3n) is 5.39. The molecule has 0 bridgehead atoms. The molecule has 0 aliphatic heterocycles. The average Bonchev–Trinajstić information content (AvgIpc) is 3.30. The number of para-hydroxylation sites is 2. The van der Waals surface area contributed by atoms with Gasteiger partial charge in [0.2, 0.25) is 0 Å². The van der Waals surface area contributed by atoms with Crippen molar-refractivity contribution in [2.75, 3.05) is 5.23 Å². The minimum absolute atomic E-state index is 0.113. The molecule has 29 heavy (non-hydrogen) atoms. The van der Waals surface area contributed by atoms with Crippen molar-refractivity contribution in [1.82, 2.24) is 20.1 Å². The first-order chi connectivity index (χ1) is 14.0. The van der Waals surface area contributed by atoms with Crippen LogP contribution in [0, 0.1) is 19.1 Å². The third-order valence-corrected chi connectivity index (χ3v) is 5.39. The number of nitrogens with zero attached hydrogens (tertiary/aromatic N) is 4. The molecule has 4 rings (SSSR count). The second-order valence-electron chi connectivity index (χ2n) is 7.29. The zero-order valence-electron chi connectivity index (χ0n) is 16.5. The maximum absolute atomic E-state index is 11.5. The van der Waals surface area contributed by atoms with Gasteiger partial charge in [-0.15, -0.1) is 0 Å². The van der Waals surface area contributed by atoms with Crippen LogP contribution < -0.4 is 10.5 Å². The summed E-state index contributed by atoms with van der Waals surface area (Å²) in [6, 6.07) is 13.1. The van der Waals surface area contributed by atoms with Crippen molar-refractivity contribution in [3.8, 4) is 5.69 Å². The van der Waals surface area contributed by atoms with E-state index in [4.69, 9.17) is 0 Å². The van der Waals surface area contributed by atoms with Gasteiger partial charge < -0.3 is 15.8 Å². The summed E-state index contributed by atoms with van der Waals surface area (Å²) in [7, 11) is 0. The third kappa shape index (κ3) is 3.93. The van der Waals surface area contributed by atoms with Crippen LogP contribution in [0.5, 0.6) is 0 Å². The van der Waals surface area contributed by atoms with E-state index in [1.54, 1.807) is 29.1 Å². The molecule has 0 unspecified atom stereocenters. The van der Waals surface area contributed by atoms with Gasteiger partial charge in [-0.05, 0) is 44.5 Å². The Morgan fingerprint density at radius 3 is 2.72 bits per heavy atom. The van der Waals surface area contributed by atoms with Crippen molar-refractivity contribution in [3.05, 3.63) is 88.7 Å². The lowest BCUT2D eigenvalue weighted by Gasteiger charge is -2.24. The van der Waals surface area contributed by atoms with Gasteiger partial charge in [-0.1, -0.05) is 30.4 Å². The number of pyridine rings is 1. The number of hydrogen-bond acceptors (Lipinski definition) is 6. The van der Waals surface area contributed by atoms with Gasteiger partial charge in [-0.2, -0.15) is 5.10 Å². The smallest absolute Gasteiger partial charge is 0.0895 e. The van der Waals surface area contributed by atoms with Crippen LogP contribution in [-0.2, 0) is 6.54 Å². The van der Waals surface area contributed by atoms with Gasteiger partial charge in [-0.25, -0.2) is 4.68 Å². The summed E-state index contributed by atoms with van der Waals surface area (Å²) in [5, 5.41) is 29.1. The monoisotopic (exact) mass is 390 g/mol. The lowest BCUT2D eigenvalue weighted by atomic mass is 9.96. The van der Waals surface area contributed by atoms with E-state index in [-0.39, 0.29) is 22.9 Å². The highest BCUT2D eigenvalue weighted by molar-refractivity contribution is 5.62. The fraction of sp³-hybridized carbons (Fsp3) is 0.273. The normalized spacial score (nSPS) is 18.3. The molecule has 0 radical (unpaired) electrons. The second-order valence-corrected chi connectivity index (χ2v) is 7.29. The van der Waals surface area contributed by atoms with E-state index in [1.165, 1.54) is 0 Å². The first-order valence-electron chi connectivity index (χ1n) is 9.68. The maximum Gasteiger partial charge on any atom is 0.0895 e. The van der Waals surface area contributed by atoms with Crippen molar-refractivity contribution in [2.24, 2.45) is 0 Å². The van der Waals surface area contributed by atoms with E-state index in [0.717, 1.165) is 35.6 Å². The van der Waals surface area contributed by atoms with Crippen molar-refractivity contribution < 1.29 is 5.21 Å². The molecule has 0 fully saturated rings. The summed E-state index contributed by atoms with van der Waals surface area (Å²) in [6.07, 6.45) is 7.16. The predicted molar refractivity (Wildman–Crippen MR) is 112 cm³/mol. The summed E-state index contributed by atoms with van der Waals surface area (Å²) in [5.74, 6) is 0.245. The van der Waals surface area contributed by atoms with Gasteiger partial charge in [-0.3, -0.25) is 10.2 Å². The zero-order chi connectivity index (χ0) is 20.4. The van der Waals surface area contributed by atoms with E-state index in [0.29, 0.717) is 5.69 Å². The summed E-state index contributed by atoms with van der Waals surface area (Å²) in [4.78, 5) is 4.35. The Kier molecular flexibility index (Phi) is 5.44. The molecule has 0 amide bonds. The van der Waals surface area contributed by atoms with E-state index in [1.807, 2.05) is 38.1 Å². The molecule has 1 aliphatic rings. The highest BCUT2D eigenvalue weighted by Crippen LogP contribution is 2.35. The molecule has 0 spiro atoms. The van der Waals surface area contributed by atoms with Crippen molar-refractivity contribution in [2.45, 2.75) is 38.8 Å². The predicted octanol–water partition coefficient (Wildman–Crippen LogP) is 3.78. The van der Waals surface area contributed by atoms with Gasteiger partial charge in [0.25, 0.3) is 0 Å². The Bertz CT molecular complexity index is 1010. The van der Waals surface area contributed by atoms with Crippen LogP contribution in [0.25, 0.3) is 5.69 Å². The van der Waals surface area contributed by atoms with E-state index in [2.05, 4.69) is 27.6 Å². The maximum atomic E-state index is 11.5. The number of aryl methyl sites for hydroxylation is 1. The Hall–Kier alpha value is -3.00. The van der Waals surface area contributed by atoms with Crippen LogP contribution in [0.4, 0.5) is 5.69 Å². The molecule has 2 atom stereocenters. The van der Waals surface area contributed by atoms with Crippen LogP contribution in [0.1, 0.15) is 35.0 Å². The largest absolute Gasteiger partial charge is 0.733 e. The van der Waals surface area contributed by atoms with Gasteiger partial charge in [0.1, 0.15) is 0 Å². The van der Waals surface area contributed by atoms with Gasteiger partial charge in [0, 0.05) is 36.0 Å². The molecular weight excluding hydrogens is 366 g/mol. The van der Waals surface area contributed by atoms with Crippen LogP contribution >= 0.6 is 0 Å². The molecule has 0 saturated heterocycles. The number of nitrogens with one attached hydrogen (secondary N) is 1. The second kappa shape index (κ2) is 8.16. The number of allylic oxidation sites excluding steroid dienone is 1. The van der Waals surface area contributed by atoms with Gasteiger partial charge in [0.15, 0.2) is 0 Å². The molecule has 150 valence electrons. The van der Waals surface area contributed by atoms with Gasteiger partial charge in [0.05, 0.1) is 22.8 Å². The Labute approximate surface area is 169 Å². The van der Waals surface area contributed by atoms with Gasteiger partial charge >= 0.3 is 0 Å². The fourth-order valence-electron chi connectivity index (χ4n) is 4.03. The SMILES string of the molecule is Cc1nn(-c2ccccc2N([O-])O)c(C)c1[C@H]1C=C[C@@H](NCc2ccccn2)C1. The Balaban J connectivity index is 1.53. The lowest BCUT2D eigenvalue weighted by molar-refractivity contribution is 0.296. The number of hydrogen-bond donors (Lipinski definition) is 2. The first-order valence-corrected chi connectivity index (χ1v) is 9.68. The van der Waals surface area contributed by atoms with Crippen molar-refractivity contribution >= 4 is 5.69 Å². The van der Waals surface area contributed by atoms with Crippen molar-refractivity contribution in [1.29, 1.82) is 0 Å². The summed E-state index contributed by atoms with van der Waals surface area (Å²) in [6.45, 7) is 4.71. The first kappa shape index (κ1) is 19.3. The number of anilines is 1. The van der Waals surface area contributed by atoms with Crippen LogP contribution in [0.2, 0.25) is 0 Å². The Morgan fingerprint density at radius 2 is 1.97 bits per heavy atom. The van der Waals surface area contributed by atoms with Crippen molar-refractivity contribution in [3.63, 3.8) is 0 Å². The number of rotatable bonds is 6. The molecule has 7 heteroatoms. The summed E-state index contributed by atoms with van der Waals surface area (Å²) < 4.78 is 1.74. The van der Waals surface area contributed by atoms with E-state index in [9.17, 15) is 10.4 Å². The zero-order valence-corrected chi connectivity index (χ0v) is 16.5. The molecule has 2 heterocycles.